The molecule has 1 fully saturated rings. The number of hydrogen-bond donors (Lipinski definition) is 0. The molecule has 1 aromatic carbocycles. The van der Waals surface area contributed by atoms with Gasteiger partial charge in [-0.2, -0.15) is 4.98 Å². The van der Waals surface area contributed by atoms with E-state index in [0.717, 1.165) is 38.4 Å². The van der Waals surface area contributed by atoms with Crippen LogP contribution in [0.25, 0.3) is 0 Å². The van der Waals surface area contributed by atoms with Gasteiger partial charge in [0, 0.05) is 32.0 Å². The first kappa shape index (κ1) is 14.7. The number of aromatic nitrogens is 2. The number of benzene rings is 1. The summed E-state index contributed by atoms with van der Waals surface area (Å²) in [7, 11) is 0. The highest BCUT2D eigenvalue weighted by Crippen LogP contribution is 2.27. The van der Waals surface area contributed by atoms with Gasteiger partial charge >= 0.3 is 0 Å². The van der Waals surface area contributed by atoms with Crippen LogP contribution in [0.4, 0.5) is 0 Å². The molecule has 0 bridgehead atoms. The van der Waals surface area contributed by atoms with E-state index in [1.54, 1.807) is 6.20 Å². The predicted molar refractivity (Wildman–Crippen MR) is 86.9 cm³/mol. The molecule has 5 nitrogen and oxygen atoms in total. The van der Waals surface area contributed by atoms with E-state index in [4.69, 9.17) is 21.1 Å². The SMILES string of the molecule is Clc1cncc(OCC2CN(Cc3ccc4c(c3)CCO4)C2)n1. The summed E-state index contributed by atoms with van der Waals surface area (Å²) in [6.45, 7) is 4.54. The summed E-state index contributed by atoms with van der Waals surface area (Å²) in [5, 5.41) is 0.360. The van der Waals surface area contributed by atoms with Crippen molar-refractivity contribution in [3.63, 3.8) is 0 Å². The second-order valence-corrected chi connectivity index (χ2v) is 6.48. The smallest absolute Gasteiger partial charge is 0.233 e. The Hall–Kier alpha value is -1.85. The van der Waals surface area contributed by atoms with Crippen molar-refractivity contribution in [2.45, 2.75) is 13.0 Å². The predicted octanol–water partition coefficient (Wildman–Crippen LogP) is 2.58. The van der Waals surface area contributed by atoms with Crippen molar-refractivity contribution in [2.24, 2.45) is 5.92 Å². The molecule has 3 heterocycles. The van der Waals surface area contributed by atoms with Crippen molar-refractivity contribution in [3.8, 4) is 11.6 Å². The lowest BCUT2D eigenvalue weighted by atomic mass is 9.99. The van der Waals surface area contributed by atoms with Crippen molar-refractivity contribution < 1.29 is 9.47 Å². The minimum absolute atomic E-state index is 0.360. The van der Waals surface area contributed by atoms with E-state index in [1.165, 1.54) is 17.3 Å². The summed E-state index contributed by atoms with van der Waals surface area (Å²) in [4.78, 5) is 10.5. The van der Waals surface area contributed by atoms with E-state index < -0.39 is 0 Å². The Morgan fingerprint density at radius 1 is 1.30 bits per heavy atom. The number of ether oxygens (including phenoxy) is 2. The third-order valence-corrected chi connectivity index (χ3v) is 4.42. The molecular formula is C17H18ClN3O2. The summed E-state index contributed by atoms with van der Waals surface area (Å²) in [5.74, 6) is 2.08. The van der Waals surface area contributed by atoms with Crippen LogP contribution in [0.15, 0.2) is 30.6 Å². The van der Waals surface area contributed by atoms with Gasteiger partial charge in [0.1, 0.15) is 5.75 Å². The highest BCUT2D eigenvalue weighted by Gasteiger charge is 2.27. The first-order valence-electron chi connectivity index (χ1n) is 7.83. The Kier molecular flexibility index (Phi) is 4.06. The van der Waals surface area contributed by atoms with Gasteiger partial charge in [-0.3, -0.25) is 9.88 Å². The number of fused-ring (bicyclic) bond motifs is 1. The molecule has 4 rings (SSSR count). The zero-order valence-electron chi connectivity index (χ0n) is 12.7. The van der Waals surface area contributed by atoms with E-state index in [9.17, 15) is 0 Å². The van der Waals surface area contributed by atoms with Crippen LogP contribution in [0.5, 0.6) is 11.6 Å². The Bertz CT molecular complexity index is 704. The van der Waals surface area contributed by atoms with Gasteiger partial charge in [0.15, 0.2) is 5.15 Å². The van der Waals surface area contributed by atoms with Crippen LogP contribution in [0, 0.1) is 5.92 Å². The molecule has 0 radical (unpaired) electrons. The molecule has 0 amide bonds. The van der Waals surface area contributed by atoms with Crippen molar-refractivity contribution in [2.75, 3.05) is 26.3 Å². The maximum Gasteiger partial charge on any atom is 0.233 e. The zero-order valence-corrected chi connectivity index (χ0v) is 13.5. The van der Waals surface area contributed by atoms with Crippen LogP contribution in [0.2, 0.25) is 5.15 Å². The monoisotopic (exact) mass is 331 g/mol. The molecule has 2 aliphatic rings. The molecular weight excluding hydrogens is 314 g/mol. The lowest BCUT2D eigenvalue weighted by molar-refractivity contribution is 0.0542. The molecule has 0 aliphatic carbocycles. The average molecular weight is 332 g/mol. The van der Waals surface area contributed by atoms with Gasteiger partial charge in [0.2, 0.25) is 5.88 Å². The minimum atomic E-state index is 0.360. The maximum absolute atomic E-state index is 5.79. The summed E-state index contributed by atoms with van der Waals surface area (Å²) < 4.78 is 11.2. The van der Waals surface area contributed by atoms with Gasteiger partial charge in [-0.15, -0.1) is 0 Å². The molecule has 2 aromatic rings. The molecule has 0 spiro atoms. The van der Waals surface area contributed by atoms with Crippen LogP contribution in [0.3, 0.4) is 0 Å². The zero-order chi connectivity index (χ0) is 15.6. The van der Waals surface area contributed by atoms with E-state index in [1.807, 2.05) is 0 Å². The van der Waals surface area contributed by atoms with Gasteiger partial charge in [0.05, 0.1) is 25.6 Å². The summed E-state index contributed by atoms with van der Waals surface area (Å²) in [6.07, 6.45) is 4.12. The van der Waals surface area contributed by atoms with Gasteiger partial charge in [-0.1, -0.05) is 23.7 Å². The van der Waals surface area contributed by atoms with E-state index in [0.29, 0.717) is 23.6 Å². The van der Waals surface area contributed by atoms with Crippen molar-refractivity contribution >= 4 is 11.6 Å². The van der Waals surface area contributed by atoms with E-state index in [2.05, 4.69) is 33.1 Å². The standard InChI is InChI=1S/C17H18ClN3O2/c18-16-6-19-7-17(20-16)23-11-13-9-21(10-13)8-12-1-2-15-14(5-12)3-4-22-15/h1-2,5-7,13H,3-4,8-11H2. The summed E-state index contributed by atoms with van der Waals surface area (Å²) >= 11 is 5.79. The van der Waals surface area contributed by atoms with Crippen molar-refractivity contribution in [1.29, 1.82) is 0 Å². The van der Waals surface area contributed by atoms with Crippen LogP contribution >= 0.6 is 11.6 Å². The summed E-state index contributed by atoms with van der Waals surface area (Å²) in [5.41, 5.74) is 2.69. The van der Waals surface area contributed by atoms with Crippen LogP contribution in [-0.2, 0) is 13.0 Å². The lowest BCUT2D eigenvalue weighted by Gasteiger charge is -2.39. The third-order valence-electron chi connectivity index (χ3n) is 4.24. The highest BCUT2D eigenvalue weighted by molar-refractivity contribution is 6.29. The fraction of sp³-hybridized carbons (Fsp3) is 0.412. The number of nitrogens with zero attached hydrogens (tertiary/aromatic N) is 3. The number of rotatable bonds is 5. The first-order chi connectivity index (χ1) is 11.3. The minimum Gasteiger partial charge on any atom is -0.493 e. The lowest BCUT2D eigenvalue weighted by Crippen LogP contribution is -2.48. The molecule has 6 heteroatoms. The molecule has 0 saturated carbocycles. The molecule has 1 saturated heterocycles. The van der Waals surface area contributed by atoms with Crippen LogP contribution in [0.1, 0.15) is 11.1 Å². The van der Waals surface area contributed by atoms with Crippen LogP contribution in [-0.4, -0.2) is 41.2 Å². The Labute approximate surface area is 140 Å². The fourth-order valence-electron chi connectivity index (χ4n) is 3.11. The maximum atomic E-state index is 5.79. The number of hydrogen-bond acceptors (Lipinski definition) is 5. The third kappa shape index (κ3) is 3.41. The van der Waals surface area contributed by atoms with Crippen LogP contribution < -0.4 is 9.47 Å². The first-order valence-corrected chi connectivity index (χ1v) is 8.21. The molecule has 2 aliphatic heterocycles. The van der Waals surface area contributed by atoms with Gasteiger partial charge in [-0.05, 0) is 17.2 Å². The van der Waals surface area contributed by atoms with Crippen molar-refractivity contribution in [3.05, 3.63) is 46.9 Å². The topological polar surface area (TPSA) is 47.5 Å². The average Bonchev–Trinajstić information content (AvgIpc) is 2.97. The molecule has 120 valence electrons. The van der Waals surface area contributed by atoms with Gasteiger partial charge in [0.25, 0.3) is 0 Å². The molecule has 0 N–H and O–H groups in total. The fourth-order valence-corrected chi connectivity index (χ4v) is 3.25. The second kappa shape index (κ2) is 6.34. The Morgan fingerprint density at radius 2 is 2.22 bits per heavy atom. The molecule has 1 aromatic heterocycles. The largest absolute Gasteiger partial charge is 0.493 e. The Balaban J connectivity index is 1.24. The molecule has 0 unspecified atom stereocenters. The van der Waals surface area contributed by atoms with Crippen molar-refractivity contribution in [1.82, 2.24) is 14.9 Å². The molecule has 23 heavy (non-hydrogen) atoms. The van der Waals surface area contributed by atoms with E-state index in [-0.39, 0.29) is 0 Å². The number of halogens is 1. The van der Waals surface area contributed by atoms with E-state index >= 15 is 0 Å². The normalized spacial score (nSPS) is 17.4. The van der Waals surface area contributed by atoms with Gasteiger partial charge in [-0.25, -0.2) is 0 Å². The second-order valence-electron chi connectivity index (χ2n) is 6.09. The van der Waals surface area contributed by atoms with Gasteiger partial charge < -0.3 is 9.47 Å². The summed E-state index contributed by atoms with van der Waals surface area (Å²) in [6, 6.07) is 6.53. The Morgan fingerprint density at radius 3 is 3.09 bits per heavy atom. The quantitative estimate of drug-likeness (QED) is 0.842. The highest BCUT2D eigenvalue weighted by atomic mass is 35.5. The molecule has 0 atom stereocenters. The number of likely N-dealkylation sites (tertiary alicyclic amines) is 1.